The van der Waals surface area contributed by atoms with Gasteiger partial charge in [0.05, 0.1) is 25.8 Å². The molecule has 0 aliphatic carbocycles. The number of aryl methyl sites for hydroxylation is 2. The van der Waals surface area contributed by atoms with Crippen molar-refractivity contribution in [3.63, 3.8) is 0 Å². The Morgan fingerprint density at radius 1 is 0.909 bits per heavy atom. The molecule has 33 heavy (non-hydrogen) atoms. The van der Waals surface area contributed by atoms with Crippen molar-refractivity contribution in [1.29, 1.82) is 0 Å². The van der Waals surface area contributed by atoms with Crippen LogP contribution in [0.1, 0.15) is 28.3 Å². The molecule has 4 rings (SSSR count). The summed E-state index contributed by atoms with van der Waals surface area (Å²) in [5.41, 5.74) is 3.44. The van der Waals surface area contributed by atoms with Crippen LogP contribution in [0.3, 0.4) is 0 Å². The Morgan fingerprint density at radius 2 is 1.67 bits per heavy atom. The number of nitrogens with zero attached hydrogens (tertiary/aromatic N) is 1. The minimum absolute atomic E-state index is 0.0272. The van der Waals surface area contributed by atoms with E-state index in [2.05, 4.69) is 0 Å². The van der Waals surface area contributed by atoms with Crippen LogP contribution in [0.5, 0.6) is 11.5 Å². The van der Waals surface area contributed by atoms with E-state index in [-0.39, 0.29) is 11.3 Å². The molecule has 0 saturated carbocycles. The number of anilines is 1. The molecule has 0 spiro atoms. The largest absolute Gasteiger partial charge is 0.507 e. The summed E-state index contributed by atoms with van der Waals surface area (Å²) in [6.07, 6.45) is 0. The number of hydrogen-bond acceptors (Lipinski definition) is 5. The smallest absolute Gasteiger partial charge is 0.300 e. The number of amides is 1. The zero-order valence-corrected chi connectivity index (χ0v) is 19.0. The summed E-state index contributed by atoms with van der Waals surface area (Å²) < 4.78 is 10.7. The van der Waals surface area contributed by atoms with Crippen LogP contribution < -0.4 is 14.4 Å². The van der Waals surface area contributed by atoms with E-state index in [1.807, 2.05) is 38.1 Å². The number of benzene rings is 3. The zero-order chi connectivity index (χ0) is 23.7. The van der Waals surface area contributed by atoms with Gasteiger partial charge in [-0.05, 0) is 73.0 Å². The van der Waals surface area contributed by atoms with Crippen molar-refractivity contribution in [3.8, 4) is 11.5 Å². The van der Waals surface area contributed by atoms with Crippen molar-refractivity contribution in [1.82, 2.24) is 0 Å². The van der Waals surface area contributed by atoms with E-state index in [0.717, 1.165) is 11.1 Å². The molecule has 6 nitrogen and oxygen atoms in total. The lowest BCUT2D eigenvalue weighted by Crippen LogP contribution is -2.29. The minimum Gasteiger partial charge on any atom is -0.507 e. The van der Waals surface area contributed by atoms with Crippen LogP contribution in [0.15, 0.2) is 72.3 Å². The Labute approximate surface area is 192 Å². The summed E-state index contributed by atoms with van der Waals surface area (Å²) in [5, 5.41) is 11.3. The van der Waals surface area contributed by atoms with Gasteiger partial charge in [0.25, 0.3) is 11.7 Å². The van der Waals surface area contributed by atoms with Crippen molar-refractivity contribution < 1.29 is 24.2 Å². The van der Waals surface area contributed by atoms with E-state index in [0.29, 0.717) is 28.3 Å². The first kappa shape index (κ1) is 22.1. The fourth-order valence-electron chi connectivity index (χ4n) is 4.18. The van der Waals surface area contributed by atoms with Gasteiger partial charge in [-0.3, -0.25) is 14.5 Å². The second kappa shape index (κ2) is 8.82. The number of aliphatic hydroxyl groups is 1. The van der Waals surface area contributed by atoms with Gasteiger partial charge in [0.1, 0.15) is 17.3 Å². The molecule has 1 aliphatic rings. The van der Waals surface area contributed by atoms with Gasteiger partial charge in [-0.1, -0.05) is 24.3 Å². The molecule has 1 aliphatic heterocycles. The van der Waals surface area contributed by atoms with E-state index >= 15 is 0 Å². The second-order valence-corrected chi connectivity index (χ2v) is 7.97. The predicted octanol–water partition coefficient (Wildman–Crippen LogP) is 4.95. The lowest BCUT2D eigenvalue weighted by molar-refractivity contribution is -0.132. The van der Waals surface area contributed by atoms with Crippen molar-refractivity contribution in [2.75, 3.05) is 19.1 Å². The topological polar surface area (TPSA) is 76.1 Å². The SMILES string of the molecule is COc1cccc(C2/C(=C(/O)c3ccc(OC)c(C)c3)C(=O)C(=O)N2c2cccc(C)c2)c1. The highest BCUT2D eigenvalue weighted by Crippen LogP contribution is 2.43. The number of rotatable bonds is 5. The number of aliphatic hydroxyl groups excluding tert-OH is 1. The summed E-state index contributed by atoms with van der Waals surface area (Å²) in [6, 6.07) is 18.9. The summed E-state index contributed by atoms with van der Waals surface area (Å²) in [4.78, 5) is 28.0. The Morgan fingerprint density at radius 3 is 2.33 bits per heavy atom. The summed E-state index contributed by atoms with van der Waals surface area (Å²) in [5.74, 6) is -0.420. The normalized spacial score (nSPS) is 17.3. The molecular formula is C27H25NO5. The van der Waals surface area contributed by atoms with Crippen LogP contribution in [-0.4, -0.2) is 31.0 Å². The third-order valence-corrected chi connectivity index (χ3v) is 5.80. The lowest BCUT2D eigenvalue weighted by atomic mass is 9.94. The number of methoxy groups -OCH3 is 2. The highest BCUT2D eigenvalue weighted by atomic mass is 16.5. The number of carbonyl (C=O) groups is 2. The van der Waals surface area contributed by atoms with E-state index in [1.54, 1.807) is 56.7 Å². The number of ether oxygens (including phenoxy) is 2. The number of ketones is 1. The van der Waals surface area contributed by atoms with Crippen LogP contribution in [0, 0.1) is 13.8 Å². The Balaban J connectivity index is 1.96. The molecule has 1 N–H and O–H groups in total. The molecular weight excluding hydrogens is 418 g/mol. The van der Waals surface area contributed by atoms with Crippen LogP contribution in [0.4, 0.5) is 5.69 Å². The molecule has 6 heteroatoms. The van der Waals surface area contributed by atoms with Crippen LogP contribution >= 0.6 is 0 Å². The molecule has 0 aromatic heterocycles. The third-order valence-electron chi connectivity index (χ3n) is 5.80. The van der Waals surface area contributed by atoms with Crippen molar-refractivity contribution in [2.45, 2.75) is 19.9 Å². The van der Waals surface area contributed by atoms with E-state index < -0.39 is 17.7 Å². The molecule has 0 bridgehead atoms. The quantitative estimate of drug-likeness (QED) is 0.343. The van der Waals surface area contributed by atoms with E-state index in [9.17, 15) is 14.7 Å². The fraction of sp³-hybridized carbons (Fsp3) is 0.185. The van der Waals surface area contributed by atoms with Crippen LogP contribution in [0.2, 0.25) is 0 Å². The standard InChI is InChI=1S/C27H25NO5/c1-16-7-5-9-20(13-16)28-24(18-8-6-10-21(15-18)32-3)23(26(30)27(28)31)25(29)19-11-12-22(33-4)17(2)14-19/h5-15,24,29H,1-4H3/b25-23-. The first-order valence-corrected chi connectivity index (χ1v) is 10.5. The predicted molar refractivity (Wildman–Crippen MR) is 127 cm³/mol. The molecule has 1 unspecified atom stereocenters. The van der Waals surface area contributed by atoms with Gasteiger partial charge >= 0.3 is 0 Å². The first-order valence-electron chi connectivity index (χ1n) is 10.5. The van der Waals surface area contributed by atoms with Crippen molar-refractivity contribution in [2.24, 2.45) is 0 Å². The first-order chi connectivity index (χ1) is 15.8. The lowest BCUT2D eigenvalue weighted by Gasteiger charge is -2.26. The second-order valence-electron chi connectivity index (χ2n) is 7.97. The monoisotopic (exact) mass is 443 g/mol. The maximum atomic E-state index is 13.3. The van der Waals surface area contributed by atoms with Crippen molar-refractivity contribution in [3.05, 3.63) is 94.6 Å². The Kier molecular flexibility index (Phi) is 5.92. The molecule has 3 aromatic rings. The van der Waals surface area contributed by atoms with Gasteiger partial charge in [0, 0.05) is 11.3 Å². The molecule has 168 valence electrons. The number of hydrogen-bond donors (Lipinski definition) is 1. The number of Topliss-reactive ketones (excluding diaryl/α,β-unsaturated/α-hetero) is 1. The van der Waals surface area contributed by atoms with Gasteiger partial charge in [0.15, 0.2) is 0 Å². The highest BCUT2D eigenvalue weighted by Gasteiger charge is 2.47. The van der Waals surface area contributed by atoms with Gasteiger partial charge in [-0.25, -0.2) is 0 Å². The van der Waals surface area contributed by atoms with Gasteiger partial charge in [0.2, 0.25) is 0 Å². The number of carbonyl (C=O) groups excluding carboxylic acids is 2. The average molecular weight is 443 g/mol. The molecule has 1 fully saturated rings. The maximum Gasteiger partial charge on any atom is 0.300 e. The van der Waals surface area contributed by atoms with E-state index in [4.69, 9.17) is 9.47 Å². The summed E-state index contributed by atoms with van der Waals surface area (Å²) >= 11 is 0. The summed E-state index contributed by atoms with van der Waals surface area (Å²) in [6.45, 7) is 3.77. The molecule has 1 amide bonds. The average Bonchev–Trinajstić information content (AvgIpc) is 3.09. The summed E-state index contributed by atoms with van der Waals surface area (Å²) in [7, 11) is 3.12. The Bertz CT molecular complexity index is 1280. The molecule has 1 saturated heterocycles. The van der Waals surface area contributed by atoms with Gasteiger partial charge in [-0.2, -0.15) is 0 Å². The van der Waals surface area contributed by atoms with Crippen molar-refractivity contribution >= 4 is 23.1 Å². The fourth-order valence-corrected chi connectivity index (χ4v) is 4.18. The zero-order valence-electron chi connectivity index (χ0n) is 19.0. The van der Waals surface area contributed by atoms with Crippen LogP contribution in [-0.2, 0) is 9.59 Å². The Hall–Kier alpha value is -4.06. The van der Waals surface area contributed by atoms with Crippen LogP contribution in [0.25, 0.3) is 5.76 Å². The third kappa shape index (κ3) is 3.96. The molecule has 0 radical (unpaired) electrons. The van der Waals surface area contributed by atoms with E-state index in [1.165, 1.54) is 4.90 Å². The molecule has 1 atom stereocenters. The van der Waals surface area contributed by atoms with Gasteiger partial charge in [-0.15, -0.1) is 0 Å². The minimum atomic E-state index is -0.815. The highest BCUT2D eigenvalue weighted by molar-refractivity contribution is 6.51. The maximum absolute atomic E-state index is 13.3. The molecule has 3 aromatic carbocycles. The molecule has 1 heterocycles. The van der Waals surface area contributed by atoms with Gasteiger partial charge < -0.3 is 14.6 Å².